The standard InChI is InChI=1S/C17H26FN5O/c1-3-8-20-16(24)13-21-17(19-2)23-11-9-22(10-12-23)15-6-4-14(18)5-7-15/h4-7H,3,8-13H2,1-2H3,(H,19,21)(H,20,24). The maximum Gasteiger partial charge on any atom is 0.239 e. The fraction of sp³-hybridized carbons (Fsp3) is 0.529. The summed E-state index contributed by atoms with van der Waals surface area (Å²) in [7, 11) is 1.72. The van der Waals surface area contributed by atoms with Crippen LogP contribution in [0.2, 0.25) is 0 Å². The minimum Gasteiger partial charge on any atom is -0.368 e. The van der Waals surface area contributed by atoms with Gasteiger partial charge in [0.05, 0.1) is 6.54 Å². The Hall–Kier alpha value is -2.31. The van der Waals surface area contributed by atoms with Crippen LogP contribution in [0.4, 0.5) is 10.1 Å². The van der Waals surface area contributed by atoms with Gasteiger partial charge in [0.25, 0.3) is 0 Å². The summed E-state index contributed by atoms with van der Waals surface area (Å²) >= 11 is 0. The van der Waals surface area contributed by atoms with Crippen LogP contribution in [-0.4, -0.2) is 63.1 Å². The van der Waals surface area contributed by atoms with Gasteiger partial charge in [-0.15, -0.1) is 0 Å². The molecule has 1 aromatic carbocycles. The van der Waals surface area contributed by atoms with E-state index in [0.29, 0.717) is 6.54 Å². The van der Waals surface area contributed by atoms with Crippen molar-refractivity contribution in [2.45, 2.75) is 13.3 Å². The summed E-state index contributed by atoms with van der Waals surface area (Å²) in [6.07, 6.45) is 0.922. The number of carbonyl (C=O) groups is 1. The van der Waals surface area contributed by atoms with Crippen molar-refractivity contribution in [3.63, 3.8) is 0 Å². The molecule has 1 fully saturated rings. The van der Waals surface area contributed by atoms with Gasteiger partial charge in [0.15, 0.2) is 5.96 Å². The molecule has 1 aromatic rings. The minimum atomic E-state index is -0.219. The van der Waals surface area contributed by atoms with Crippen molar-refractivity contribution in [2.75, 3.05) is 51.2 Å². The molecule has 7 heteroatoms. The first-order chi connectivity index (χ1) is 11.6. The summed E-state index contributed by atoms with van der Waals surface area (Å²) in [5.41, 5.74) is 1.03. The lowest BCUT2D eigenvalue weighted by Gasteiger charge is -2.37. The number of rotatable bonds is 5. The molecular formula is C17H26FN5O. The second kappa shape index (κ2) is 9.10. The highest BCUT2D eigenvalue weighted by Crippen LogP contribution is 2.16. The number of amides is 1. The van der Waals surface area contributed by atoms with E-state index >= 15 is 0 Å². The monoisotopic (exact) mass is 335 g/mol. The number of anilines is 1. The second-order valence-electron chi connectivity index (χ2n) is 5.70. The number of hydrogen-bond acceptors (Lipinski definition) is 3. The number of carbonyl (C=O) groups excluding carboxylic acids is 1. The molecule has 1 heterocycles. The van der Waals surface area contributed by atoms with Gasteiger partial charge in [0, 0.05) is 45.5 Å². The van der Waals surface area contributed by atoms with Gasteiger partial charge in [-0.25, -0.2) is 4.39 Å². The smallest absolute Gasteiger partial charge is 0.239 e. The van der Waals surface area contributed by atoms with Crippen molar-refractivity contribution in [3.8, 4) is 0 Å². The molecule has 2 N–H and O–H groups in total. The molecule has 0 spiro atoms. The largest absolute Gasteiger partial charge is 0.368 e. The molecule has 1 saturated heterocycles. The van der Waals surface area contributed by atoms with Gasteiger partial charge in [-0.1, -0.05) is 6.92 Å². The number of piperazine rings is 1. The maximum atomic E-state index is 13.0. The molecule has 0 bridgehead atoms. The summed E-state index contributed by atoms with van der Waals surface area (Å²) in [6, 6.07) is 6.57. The molecule has 0 atom stereocenters. The molecule has 0 saturated carbocycles. The molecule has 1 aliphatic heterocycles. The van der Waals surface area contributed by atoms with Gasteiger partial charge in [-0.3, -0.25) is 9.79 Å². The fourth-order valence-corrected chi connectivity index (χ4v) is 2.65. The van der Waals surface area contributed by atoms with Crippen LogP contribution >= 0.6 is 0 Å². The van der Waals surface area contributed by atoms with Crippen LogP contribution in [0.3, 0.4) is 0 Å². The number of benzene rings is 1. The first kappa shape index (κ1) is 18.0. The van der Waals surface area contributed by atoms with E-state index in [4.69, 9.17) is 0 Å². The van der Waals surface area contributed by atoms with Crippen molar-refractivity contribution in [1.82, 2.24) is 15.5 Å². The zero-order valence-corrected chi connectivity index (χ0v) is 14.4. The predicted octanol–water partition coefficient (Wildman–Crippen LogP) is 1.05. The first-order valence-corrected chi connectivity index (χ1v) is 8.37. The van der Waals surface area contributed by atoms with Crippen molar-refractivity contribution >= 4 is 17.6 Å². The van der Waals surface area contributed by atoms with E-state index in [1.807, 2.05) is 6.92 Å². The molecule has 6 nitrogen and oxygen atoms in total. The highest BCUT2D eigenvalue weighted by atomic mass is 19.1. The number of aliphatic imine (C=N–C) groups is 1. The van der Waals surface area contributed by atoms with Crippen LogP contribution in [0, 0.1) is 5.82 Å². The number of hydrogen-bond donors (Lipinski definition) is 2. The van der Waals surface area contributed by atoms with Gasteiger partial charge < -0.3 is 20.4 Å². The highest BCUT2D eigenvalue weighted by Gasteiger charge is 2.20. The Kier molecular flexibility index (Phi) is 6.84. The van der Waals surface area contributed by atoms with E-state index in [9.17, 15) is 9.18 Å². The Labute approximate surface area is 142 Å². The van der Waals surface area contributed by atoms with Gasteiger partial charge in [-0.05, 0) is 30.7 Å². The van der Waals surface area contributed by atoms with E-state index in [2.05, 4.69) is 25.4 Å². The predicted molar refractivity (Wildman–Crippen MR) is 94.8 cm³/mol. The topological polar surface area (TPSA) is 60.0 Å². The van der Waals surface area contributed by atoms with Crippen LogP contribution in [0.1, 0.15) is 13.3 Å². The summed E-state index contributed by atoms with van der Waals surface area (Å²) in [5, 5.41) is 5.94. The van der Waals surface area contributed by atoms with E-state index in [1.165, 1.54) is 12.1 Å². The second-order valence-corrected chi connectivity index (χ2v) is 5.70. The normalized spacial score (nSPS) is 15.4. The molecule has 1 amide bonds. The summed E-state index contributed by atoms with van der Waals surface area (Å²) in [5.74, 6) is 0.492. The average molecular weight is 335 g/mol. The highest BCUT2D eigenvalue weighted by molar-refractivity contribution is 5.86. The Morgan fingerprint density at radius 3 is 2.42 bits per heavy atom. The number of nitrogens with zero attached hydrogens (tertiary/aromatic N) is 3. The summed E-state index contributed by atoms with van der Waals surface area (Å²) in [6.45, 7) is 6.19. The van der Waals surface area contributed by atoms with Crippen LogP contribution in [0.25, 0.3) is 0 Å². The third-order valence-corrected chi connectivity index (χ3v) is 3.96. The zero-order chi connectivity index (χ0) is 17.4. The van der Waals surface area contributed by atoms with Crippen molar-refractivity contribution in [1.29, 1.82) is 0 Å². The van der Waals surface area contributed by atoms with E-state index < -0.39 is 0 Å². The Morgan fingerprint density at radius 1 is 1.17 bits per heavy atom. The summed E-state index contributed by atoms with van der Waals surface area (Å²) < 4.78 is 13.0. The number of halogens is 1. The van der Waals surface area contributed by atoms with Crippen molar-refractivity contribution < 1.29 is 9.18 Å². The molecule has 24 heavy (non-hydrogen) atoms. The molecule has 1 aliphatic rings. The van der Waals surface area contributed by atoms with Gasteiger partial charge in [0.1, 0.15) is 5.82 Å². The van der Waals surface area contributed by atoms with E-state index in [-0.39, 0.29) is 18.3 Å². The molecule has 0 radical (unpaired) electrons. The zero-order valence-electron chi connectivity index (χ0n) is 14.4. The van der Waals surface area contributed by atoms with Gasteiger partial charge in [0.2, 0.25) is 5.91 Å². The fourth-order valence-electron chi connectivity index (χ4n) is 2.65. The molecule has 0 unspecified atom stereocenters. The molecule has 0 aromatic heterocycles. The maximum absolute atomic E-state index is 13.0. The minimum absolute atomic E-state index is 0.0250. The lowest BCUT2D eigenvalue weighted by Crippen LogP contribution is -2.53. The Balaban J connectivity index is 1.81. The number of nitrogens with one attached hydrogen (secondary N) is 2. The lowest BCUT2D eigenvalue weighted by molar-refractivity contribution is -0.120. The van der Waals surface area contributed by atoms with Crippen LogP contribution < -0.4 is 15.5 Å². The van der Waals surface area contributed by atoms with Crippen molar-refractivity contribution in [2.24, 2.45) is 4.99 Å². The molecular weight excluding hydrogens is 309 g/mol. The summed E-state index contributed by atoms with van der Waals surface area (Å²) in [4.78, 5) is 20.3. The average Bonchev–Trinajstić information content (AvgIpc) is 2.61. The first-order valence-electron chi connectivity index (χ1n) is 8.37. The van der Waals surface area contributed by atoms with Crippen molar-refractivity contribution in [3.05, 3.63) is 30.1 Å². The SMILES string of the molecule is CCCNC(=O)CNC(=NC)N1CCN(c2ccc(F)cc2)CC1. The van der Waals surface area contributed by atoms with Crippen LogP contribution in [0.15, 0.2) is 29.3 Å². The Bertz CT molecular complexity index is 553. The molecule has 2 rings (SSSR count). The van der Waals surface area contributed by atoms with E-state index in [1.54, 1.807) is 19.2 Å². The van der Waals surface area contributed by atoms with Crippen LogP contribution in [0.5, 0.6) is 0 Å². The Morgan fingerprint density at radius 2 is 1.83 bits per heavy atom. The molecule has 132 valence electrons. The van der Waals surface area contributed by atoms with Crippen LogP contribution in [-0.2, 0) is 4.79 Å². The molecule has 0 aliphatic carbocycles. The third kappa shape index (κ3) is 5.11. The van der Waals surface area contributed by atoms with Gasteiger partial charge >= 0.3 is 0 Å². The van der Waals surface area contributed by atoms with Gasteiger partial charge in [-0.2, -0.15) is 0 Å². The quantitative estimate of drug-likeness (QED) is 0.624. The number of guanidine groups is 1. The van der Waals surface area contributed by atoms with E-state index in [0.717, 1.165) is 44.2 Å². The lowest BCUT2D eigenvalue weighted by atomic mass is 10.2. The third-order valence-electron chi connectivity index (χ3n) is 3.96.